The van der Waals surface area contributed by atoms with Gasteiger partial charge in [-0.1, -0.05) is 48.0 Å². The van der Waals surface area contributed by atoms with Gasteiger partial charge in [-0.2, -0.15) is 0 Å². The quantitative estimate of drug-likeness (QED) is 0.633. The van der Waals surface area contributed by atoms with Crippen molar-refractivity contribution in [1.82, 2.24) is 4.98 Å². The van der Waals surface area contributed by atoms with E-state index < -0.39 is 0 Å². The first-order valence-electron chi connectivity index (χ1n) is 9.38. The third-order valence-corrected chi connectivity index (χ3v) is 4.34. The van der Waals surface area contributed by atoms with E-state index in [0.717, 1.165) is 24.5 Å². The van der Waals surface area contributed by atoms with Gasteiger partial charge in [-0.25, -0.2) is 4.98 Å². The smallest absolute Gasteiger partial charge is 0.262 e. The predicted molar refractivity (Wildman–Crippen MR) is 113 cm³/mol. The molecule has 1 aromatic heterocycles. The van der Waals surface area contributed by atoms with Crippen molar-refractivity contribution in [2.75, 3.05) is 23.4 Å². The molecule has 3 aromatic rings. The highest BCUT2D eigenvalue weighted by molar-refractivity contribution is 5.91. The number of rotatable bonds is 8. The van der Waals surface area contributed by atoms with Crippen molar-refractivity contribution in [3.63, 3.8) is 0 Å². The van der Waals surface area contributed by atoms with Gasteiger partial charge in [0.25, 0.3) is 5.91 Å². The van der Waals surface area contributed by atoms with Crippen LogP contribution in [0.5, 0.6) is 5.75 Å². The van der Waals surface area contributed by atoms with Crippen molar-refractivity contribution < 1.29 is 9.53 Å². The minimum atomic E-state index is -0.216. The average molecular weight is 375 g/mol. The van der Waals surface area contributed by atoms with E-state index in [9.17, 15) is 4.79 Å². The number of hydrogen-bond acceptors (Lipinski definition) is 4. The molecule has 0 aliphatic rings. The van der Waals surface area contributed by atoms with E-state index >= 15 is 0 Å². The van der Waals surface area contributed by atoms with Crippen molar-refractivity contribution in [2.45, 2.75) is 20.4 Å². The van der Waals surface area contributed by atoms with E-state index in [1.54, 1.807) is 6.20 Å². The zero-order valence-electron chi connectivity index (χ0n) is 16.3. The topological polar surface area (TPSA) is 54.5 Å². The molecule has 1 amide bonds. The van der Waals surface area contributed by atoms with Crippen molar-refractivity contribution >= 4 is 17.4 Å². The second-order valence-corrected chi connectivity index (χ2v) is 6.55. The van der Waals surface area contributed by atoms with Crippen LogP contribution < -0.4 is 15.0 Å². The summed E-state index contributed by atoms with van der Waals surface area (Å²) in [5, 5.41) is 2.81. The van der Waals surface area contributed by atoms with Gasteiger partial charge in [0.2, 0.25) is 0 Å². The first-order chi connectivity index (χ1) is 13.6. The third kappa shape index (κ3) is 5.58. The highest BCUT2D eigenvalue weighted by Gasteiger charge is 2.08. The van der Waals surface area contributed by atoms with Crippen LogP contribution in [0.25, 0.3) is 0 Å². The number of nitrogens with zero attached hydrogens (tertiary/aromatic N) is 2. The van der Waals surface area contributed by atoms with Gasteiger partial charge in [-0.05, 0) is 43.7 Å². The Morgan fingerprint density at radius 2 is 1.79 bits per heavy atom. The number of nitrogens with one attached hydrogen (secondary N) is 1. The van der Waals surface area contributed by atoms with E-state index in [2.05, 4.69) is 34.3 Å². The molecule has 0 bridgehead atoms. The minimum absolute atomic E-state index is 0.0418. The summed E-state index contributed by atoms with van der Waals surface area (Å²) in [6, 6.07) is 21.7. The Morgan fingerprint density at radius 1 is 1.04 bits per heavy atom. The van der Waals surface area contributed by atoms with Crippen LogP contribution in [0.4, 0.5) is 11.5 Å². The Bertz CT molecular complexity index is 878. The maximum Gasteiger partial charge on any atom is 0.262 e. The molecule has 0 radical (unpaired) electrons. The number of ether oxygens (including phenoxy) is 1. The molecule has 0 aliphatic heterocycles. The highest BCUT2D eigenvalue weighted by atomic mass is 16.5. The molecule has 0 fully saturated rings. The van der Waals surface area contributed by atoms with Crippen LogP contribution in [0.1, 0.15) is 18.1 Å². The molecular weight excluding hydrogens is 350 g/mol. The zero-order chi connectivity index (χ0) is 19.8. The van der Waals surface area contributed by atoms with Gasteiger partial charge in [-0.3, -0.25) is 4.79 Å². The Morgan fingerprint density at radius 3 is 2.43 bits per heavy atom. The molecule has 5 nitrogen and oxygen atoms in total. The number of carbonyl (C=O) groups excluding carboxylic acids is 1. The van der Waals surface area contributed by atoms with Crippen LogP contribution in [0.2, 0.25) is 0 Å². The fourth-order valence-electron chi connectivity index (χ4n) is 2.79. The van der Waals surface area contributed by atoms with E-state index in [0.29, 0.717) is 11.4 Å². The van der Waals surface area contributed by atoms with Crippen molar-refractivity contribution in [3.8, 4) is 5.75 Å². The maximum atomic E-state index is 12.1. The molecule has 0 saturated carbocycles. The lowest BCUT2D eigenvalue weighted by Gasteiger charge is -2.22. The van der Waals surface area contributed by atoms with Crippen LogP contribution in [0.3, 0.4) is 0 Å². The highest BCUT2D eigenvalue weighted by Crippen LogP contribution is 2.17. The van der Waals surface area contributed by atoms with E-state index in [1.165, 1.54) is 5.56 Å². The number of aromatic nitrogens is 1. The van der Waals surface area contributed by atoms with E-state index in [4.69, 9.17) is 4.74 Å². The number of carbonyl (C=O) groups is 1. The predicted octanol–water partition coefficient (Wildman–Crippen LogP) is 4.43. The van der Waals surface area contributed by atoms with Gasteiger partial charge in [0.15, 0.2) is 6.61 Å². The number of hydrogen-bond donors (Lipinski definition) is 1. The Labute approximate surface area is 166 Å². The summed E-state index contributed by atoms with van der Waals surface area (Å²) in [6.45, 7) is 5.70. The molecule has 2 aromatic carbocycles. The Kier molecular flexibility index (Phi) is 6.63. The standard InChI is InChI=1S/C23H25N3O2/c1-3-26(16-19-7-5-4-6-8-19)22-14-11-20(15-24-22)25-23(27)17-28-21-12-9-18(2)10-13-21/h4-15H,3,16-17H2,1-2H3,(H,25,27). The number of benzene rings is 2. The second kappa shape index (κ2) is 9.55. The summed E-state index contributed by atoms with van der Waals surface area (Å²) in [5.41, 5.74) is 3.03. The second-order valence-electron chi connectivity index (χ2n) is 6.55. The maximum absolute atomic E-state index is 12.1. The summed E-state index contributed by atoms with van der Waals surface area (Å²) >= 11 is 0. The van der Waals surface area contributed by atoms with Crippen LogP contribution in [0.15, 0.2) is 72.9 Å². The molecule has 0 unspecified atom stereocenters. The molecule has 5 heteroatoms. The van der Waals surface area contributed by atoms with Crippen molar-refractivity contribution in [2.24, 2.45) is 0 Å². The number of pyridine rings is 1. The first kappa shape index (κ1) is 19.4. The SMILES string of the molecule is CCN(Cc1ccccc1)c1ccc(NC(=O)COc2ccc(C)cc2)cn1. The first-order valence-corrected chi connectivity index (χ1v) is 9.38. The Hall–Kier alpha value is -3.34. The van der Waals surface area contributed by atoms with Gasteiger partial charge in [-0.15, -0.1) is 0 Å². The van der Waals surface area contributed by atoms with Gasteiger partial charge in [0.05, 0.1) is 11.9 Å². The molecule has 0 atom stereocenters. The molecule has 1 N–H and O–H groups in total. The summed E-state index contributed by atoms with van der Waals surface area (Å²) < 4.78 is 5.50. The number of anilines is 2. The zero-order valence-corrected chi connectivity index (χ0v) is 16.3. The van der Waals surface area contributed by atoms with Crippen molar-refractivity contribution in [1.29, 1.82) is 0 Å². The van der Waals surface area contributed by atoms with Crippen LogP contribution >= 0.6 is 0 Å². The molecule has 28 heavy (non-hydrogen) atoms. The Balaban J connectivity index is 1.54. The number of amides is 1. The normalized spacial score (nSPS) is 10.4. The molecular formula is C23H25N3O2. The van der Waals surface area contributed by atoms with E-state index in [-0.39, 0.29) is 12.5 Å². The minimum Gasteiger partial charge on any atom is -0.484 e. The van der Waals surface area contributed by atoms with Gasteiger partial charge >= 0.3 is 0 Å². The van der Waals surface area contributed by atoms with Crippen LogP contribution in [0, 0.1) is 6.92 Å². The van der Waals surface area contributed by atoms with Crippen LogP contribution in [-0.4, -0.2) is 24.0 Å². The monoisotopic (exact) mass is 375 g/mol. The lowest BCUT2D eigenvalue weighted by atomic mass is 10.2. The van der Waals surface area contributed by atoms with Gasteiger partial charge in [0.1, 0.15) is 11.6 Å². The number of aryl methyl sites for hydroxylation is 1. The van der Waals surface area contributed by atoms with Crippen molar-refractivity contribution in [3.05, 3.63) is 84.1 Å². The molecule has 0 saturated heterocycles. The molecule has 0 aliphatic carbocycles. The summed E-state index contributed by atoms with van der Waals surface area (Å²) in [4.78, 5) is 18.8. The third-order valence-electron chi connectivity index (χ3n) is 4.34. The van der Waals surface area contributed by atoms with Gasteiger partial charge < -0.3 is 15.0 Å². The van der Waals surface area contributed by atoms with E-state index in [1.807, 2.05) is 61.5 Å². The van der Waals surface area contributed by atoms with Crippen LogP contribution in [-0.2, 0) is 11.3 Å². The average Bonchev–Trinajstić information content (AvgIpc) is 2.73. The fraction of sp³-hybridized carbons (Fsp3) is 0.217. The molecule has 3 rings (SSSR count). The van der Waals surface area contributed by atoms with Gasteiger partial charge in [0, 0.05) is 13.1 Å². The fourth-order valence-corrected chi connectivity index (χ4v) is 2.79. The molecule has 1 heterocycles. The summed E-state index contributed by atoms with van der Waals surface area (Å²) in [7, 11) is 0. The lowest BCUT2D eigenvalue weighted by Crippen LogP contribution is -2.23. The summed E-state index contributed by atoms with van der Waals surface area (Å²) in [5.74, 6) is 1.33. The largest absolute Gasteiger partial charge is 0.484 e. The lowest BCUT2D eigenvalue weighted by molar-refractivity contribution is -0.118. The molecule has 144 valence electrons. The molecule has 0 spiro atoms. The summed E-state index contributed by atoms with van der Waals surface area (Å²) in [6.07, 6.45) is 1.67.